The van der Waals surface area contributed by atoms with Gasteiger partial charge in [0, 0.05) is 92.0 Å². The minimum atomic E-state index is -4.08. The highest BCUT2D eigenvalue weighted by Crippen LogP contribution is 2.37. The highest BCUT2D eigenvalue weighted by molar-refractivity contribution is 7.90. The lowest BCUT2D eigenvalue weighted by Gasteiger charge is -2.38. The average Bonchev–Trinajstić information content (AvgIpc) is 3.00. The first-order chi connectivity index (χ1) is 20.2. The Morgan fingerprint density at radius 1 is 0.833 bits per heavy atom. The topological polar surface area (TPSA) is 147 Å². The van der Waals surface area contributed by atoms with Crippen molar-refractivity contribution < 1.29 is 26.3 Å². The number of rotatable bonds is 18. The molecule has 0 saturated carbocycles. The molecule has 0 radical (unpaired) electrons. The van der Waals surface area contributed by atoms with Crippen molar-refractivity contribution >= 4 is 37.1 Å². The minimum Gasteiger partial charge on any atom is -0.385 e. The molecule has 0 bridgehead atoms. The lowest BCUT2D eigenvalue weighted by Crippen LogP contribution is -2.47. The van der Waals surface area contributed by atoms with Crippen molar-refractivity contribution in [2.45, 2.75) is 29.6 Å². The van der Waals surface area contributed by atoms with E-state index >= 15 is 0 Å². The van der Waals surface area contributed by atoms with Crippen molar-refractivity contribution in [2.24, 2.45) is 5.73 Å². The maximum absolute atomic E-state index is 13.7. The number of likely N-dealkylation sites (N-methyl/N-ethyl adjacent to an activating group) is 1. The van der Waals surface area contributed by atoms with E-state index in [4.69, 9.17) is 15.2 Å². The molecule has 1 aliphatic rings. The molecule has 236 valence electrons. The number of ether oxygens (including phenoxy) is 2. The van der Waals surface area contributed by atoms with Crippen LogP contribution >= 0.6 is 0 Å². The molecule has 12 nitrogen and oxygen atoms in total. The number of hydrogen-bond acceptors (Lipinski definition) is 10. The molecule has 2 aromatic rings. The van der Waals surface area contributed by atoms with Crippen LogP contribution in [0.2, 0.25) is 0 Å². The Labute approximate surface area is 251 Å². The second-order valence-corrected chi connectivity index (χ2v) is 13.4. The number of nitrogens with two attached hydrogens (primary N) is 1. The molecule has 14 heteroatoms. The molecule has 1 heterocycles. The summed E-state index contributed by atoms with van der Waals surface area (Å²) in [4.78, 5) is 5.97. The van der Waals surface area contributed by atoms with Gasteiger partial charge in [-0.05, 0) is 44.0 Å². The summed E-state index contributed by atoms with van der Waals surface area (Å²) in [6.45, 7) is 6.70. The van der Waals surface area contributed by atoms with Crippen molar-refractivity contribution in [1.29, 1.82) is 0 Å². The molecule has 3 rings (SSSR count). The van der Waals surface area contributed by atoms with Crippen LogP contribution in [-0.2, 0) is 29.5 Å². The zero-order valence-corrected chi connectivity index (χ0v) is 26.6. The van der Waals surface area contributed by atoms with Crippen LogP contribution < -0.4 is 29.9 Å². The normalized spacial score (nSPS) is 14.4. The van der Waals surface area contributed by atoms with Gasteiger partial charge in [0.25, 0.3) is 0 Å². The first kappa shape index (κ1) is 34.0. The number of piperazine rings is 1. The van der Waals surface area contributed by atoms with Crippen LogP contribution in [0.5, 0.6) is 0 Å². The van der Waals surface area contributed by atoms with Gasteiger partial charge >= 0.3 is 0 Å². The molecule has 2 aromatic carbocycles. The van der Waals surface area contributed by atoms with Gasteiger partial charge in [0.05, 0.1) is 11.4 Å². The maximum Gasteiger partial charge on any atom is 0.242 e. The molecule has 0 spiro atoms. The molecule has 1 fully saturated rings. The molecule has 0 amide bonds. The van der Waals surface area contributed by atoms with E-state index in [-0.39, 0.29) is 22.9 Å². The van der Waals surface area contributed by atoms with Gasteiger partial charge in [-0.3, -0.25) is 0 Å². The van der Waals surface area contributed by atoms with E-state index in [0.29, 0.717) is 83.2 Å². The quantitative estimate of drug-likeness (QED) is 0.208. The van der Waals surface area contributed by atoms with E-state index in [1.807, 2.05) is 34.9 Å². The number of methoxy groups -OCH3 is 2. The number of sulfonamides is 2. The smallest absolute Gasteiger partial charge is 0.242 e. The maximum atomic E-state index is 13.7. The van der Waals surface area contributed by atoms with E-state index in [1.165, 1.54) is 6.07 Å². The number of nitrogens with one attached hydrogen (secondary N) is 2. The van der Waals surface area contributed by atoms with Crippen molar-refractivity contribution in [3.63, 3.8) is 0 Å². The zero-order chi connectivity index (χ0) is 30.6. The summed E-state index contributed by atoms with van der Waals surface area (Å²) in [7, 11) is -5.05. The monoisotopic (exact) mass is 626 g/mol. The molecule has 1 saturated heterocycles. The molecular weight excluding hydrogens is 580 g/mol. The van der Waals surface area contributed by atoms with Gasteiger partial charge in [-0.25, -0.2) is 26.3 Å². The van der Waals surface area contributed by atoms with E-state index in [9.17, 15) is 16.8 Å². The van der Waals surface area contributed by atoms with Gasteiger partial charge in [0.2, 0.25) is 20.0 Å². The summed E-state index contributed by atoms with van der Waals surface area (Å²) in [5.41, 5.74) is 7.88. The van der Waals surface area contributed by atoms with Gasteiger partial charge in [-0.1, -0.05) is 18.2 Å². The Morgan fingerprint density at radius 3 is 1.90 bits per heavy atom. The number of nitrogens with zero attached hydrogens (tertiary/aromatic N) is 3. The van der Waals surface area contributed by atoms with Crippen LogP contribution in [0.1, 0.15) is 19.8 Å². The number of hydrogen-bond donors (Lipinski definition) is 3. The second-order valence-electron chi connectivity index (χ2n) is 9.95. The summed E-state index contributed by atoms with van der Waals surface area (Å²) >= 11 is 0. The predicted molar refractivity (Wildman–Crippen MR) is 168 cm³/mol. The van der Waals surface area contributed by atoms with Crippen molar-refractivity contribution in [3.8, 4) is 0 Å². The van der Waals surface area contributed by atoms with E-state index in [0.717, 1.165) is 5.69 Å². The number of anilines is 3. The average molecular weight is 627 g/mol. The Kier molecular flexibility index (Phi) is 13.3. The molecule has 1 aliphatic heterocycles. The second kappa shape index (κ2) is 16.4. The molecule has 0 unspecified atom stereocenters. The highest BCUT2D eigenvalue weighted by atomic mass is 32.2. The largest absolute Gasteiger partial charge is 0.385 e. The van der Waals surface area contributed by atoms with Gasteiger partial charge in [0.15, 0.2) is 0 Å². The van der Waals surface area contributed by atoms with E-state index in [1.54, 1.807) is 20.3 Å². The summed E-state index contributed by atoms with van der Waals surface area (Å²) in [5, 5.41) is 0. The lowest BCUT2D eigenvalue weighted by atomic mass is 10.2. The summed E-state index contributed by atoms with van der Waals surface area (Å²) in [6, 6.07) is 13.1. The minimum absolute atomic E-state index is 0.0714. The zero-order valence-electron chi connectivity index (χ0n) is 24.9. The highest BCUT2D eigenvalue weighted by Gasteiger charge is 2.31. The third-order valence-corrected chi connectivity index (χ3v) is 10.1. The molecule has 0 aromatic heterocycles. The molecule has 0 aliphatic carbocycles. The number of benzene rings is 2. The van der Waals surface area contributed by atoms with Crippen molar-refractivity contribution in [1.82, 2.24) is 9.44 Å². The Morgan fingerprint density at radius 2 is 1.38 bits per heavy atom. The van der Waals surface area contributed by atoms with E-state index in [2.05, 4.69) is 26.5 Å². The molecule has 42 heavy (non-hydrogen) atoms. The molecule has 4 N–H and O–H groups in total. The third kappa shape index (κ3) is 9.02. The van der Waals surface area contributed by atoms with Crippen LogP contribution in [0, 0.1) is 0 Å². The van der Waals surface area contributed by atoms with Crippen LogP contribution in [-0.4, -0.2) is 103 Å². The first-order valence-corrected chi connectivity index (χ1v) is 17.3. The summed E-state index contributed by atoms with van der Waals surface area (Å²) in [5.74, 6) is 0. The summed E-state index contributed by atoms with van der Waals surface area (Å²) < 4.78 is 70.1. The van der Waals surface area contributed by atoms with Gasteiger partial charge in [-0.15, -0.1) is 0 Å². The fraction of sp³-hybridized carbons (Fsp3) is 0.571. The lowest BCUT2D eigenvalue weighted by molar-refractivity contribution is 0.196. The van der Waals surface area contributed by atoms with Crippen molar-refractivity contribution in [2.75, 3.05) is 101 Å². The Hall–Kier alpha value is -2.46. The van der Waals surface area contributed by atoms with Crippen LogP contribution in [0.3, 0.4) is 0 Å². The van der Waals surface area contributed by atoms with Gasteiger partial charge < -0.3 is 29.9 Å². The fourth-order valence-electron chi connectivity index (χ4n) is 4.91. The number of para-hydroxylation sites is 1. The van der Waals surface area contributed by atoms with Crippen LogP contribution in [0.4, 0.5) is 17.1 Å². The van der Waals surface area contributed by atoms with Crippen LogP contribution in [0.15, 0.2) is 52.3 Å². The SMILES string of the molecule is CCN(CCN)c1cc(N2CCN(c3ccccc3)CC2)c(S(=O)(=O)NCCCOC)cc1S(=O)(=O)NCCCOC. The summed E-state index contributed by atoms with van der Waals surface area (Å²) in [6.07, 6.45) is 0.951. The van der Waals surface area contributed by atoms with Crippen LogP contribution in [0.25, 0.3) is 0 Å². The van der Waals surface area contributed by atoms with Gasteiger partial charge in [0.1, 0.15) is 9.79 Å². The fourth-order valence-corrected chi connectivity index (χ4v) is 7.60. The Bertz CT molecular complexity index is 1320. The first-order valence-electron chi connectivity index (χ1n) is 14.3. The predicted octanol–water partition coefficient (Wildman–Crippen LogP) is 1.43. The third-order valence-electron chi connectivity index (χ3n) is 7.12. The standard InChI is InChI=1S/C28H46N6O6S2/c1-4-32(15-12-29)25-22-26(34-18-16-33(17-19-34)24-10-6-5-7-11-24)28(42(37,38)31-14-9-21-40-3)23-27(25)41(35,36)30-13-8-20-39-2/h5-7,10-11,22-23,30-31H,4,8-9,12-21,29H2,1-3H3. The van der Waals surface area contributed by atoms with Crippen molar-refractivity contribution in [3.05, 3.63) is 42.5 Å². The van der Waals surface area contributed by atoms with E-state index < -0.39 is 20.0 Å². The van der Waals surface area contributed by atoms with Gasteiger partial charge in [-0.2, -0.15) is 0 Å². The molecular formula is C28H46N6O6S2. The molecule has 0 atom stereocenters. The Balaban J connectivity index is 2.09.